The Balaban J connectivity index is 0.00000264. The van der Waals surface area contributed by atoms with Crippen molar-refractivity contribution in [3.8, 4) is 0 Å². The fraction of sp³-hybridized carbons (Fsp3) is 0.429. The summed E-state index contributed by atoms with van der Waals surface area (Å²) < 4.78 is 4.56. The molecule has 9 heteroatoms. The predicted molar refractivity (Wildman–Crippen MR) is 85.9 cm³/mol. The van der Waals surface area contributed by atoms with E-state index in [1.54, 1.807) is 0 Å². The highest BCUT2D eigenvalue weighted by molar-refractivity contribution is 5.96. The Hall–Kier alpha value is -2.19. The van der Waals surface area contributed by atoms with Gasteiger partial charge in [-0.15, -0.1) is 12.4 Å². The molecule has 126 valence electrons. The van der Waals surface area contributed by atoms with E-state index in [1.807, 2.05) is 0 Å². The zero-order valence-corrected chi connectivity index (χ0v) is 13.4. The van der Waals surface area contributed by atoms with Gasteiger partial charge in [0.1, 0.15) is 0 Å². The van der Waals surface area contributed by atoms with E-state index in [0.717, 1.165) is 19.2 Å². The van der Waals surface area contributed by atoms with Gasteiger partial charge in [0.2, 0.25) is 5.91 Å². The summed E-state index contributed by atoms with van der Waals surface area (Å²) in [7, 11) is 1.19. The molecule has 0 aromatic heterocycles. The highest BCUT2D eigenvalue weighted by atomic mass is 35.5. The lowest BCUT2D eigenvalue weighted by Gasteiger charge is -2.21. The van der Waals surface area contributed by atoms with Crippen LogP contribution in [0, 0.1) is 16.0 Å². The number of anilines is 1. The molecule has 0 atom stereocenters. The summed E-state index contributed by atoms with van der Waals surface area (Å²) in [6.45, 7) is 1.53. The van der Waals surface area contributed by atoms with Gasteiger partial charge in [0.15, 0.2) is 0 Å². The number of nitrogens with zero attached hydrogens (tertiary/aromatic N) is 1. The Bertz CT molecular complexity index is 602. The molecule has 0 saturated carbocycles. The maximum Gasteiger partial charge on any atom is 0.338 e. The number of hydrogen-bond donors (Lipinski definition) is 2. The van der Waals surface area contributed by atoms with E-state index >= 15 is 0 Å². The highest BCUT2D eigenvalue weighted by Gasteiger charge is 2.22. The van der Waals surface area contributed by atoms with Crippen molar-refractivity contribution < 1.29 is 19.2 Å². The molecule has 1 heterocycles. The molecule has 0 spiro atoms. The van der Waals surface area contributed by atoms with Crippen molar-refractivity contribution in [2.75, 3.05) is 25.5 Å². The van der Waals surface area contributed by atoms with Crippen molar-refractivity contribution in [3.05, 3.63) is 33.9 Å². The van der Waals surface area contributed by atoms with Crippen molar-refractivity contribution in [1.29, 1.82) is 0 Å². The second-order valence-corrected chi connectivity index (χ2v) is 5.03. The quantitative estimate of drug-likeness (QED) is 0.489. The number of hydrogen-bond acceptors (Lipinski definition) is 6. The summed E-state index contributed by atoms with van der Waals surface area (Å²) in [4.78, 5) is 34.1. The molecular weight excluding hydrogens is 326 g/mol. The Morgan fingerprint density at radius 2 is 1.96 bits per heavy atom. The smallest absolute Gasteiger partial charge is 0.338 e. The molecule has 0 bridgehead atoms. The minimum Gasteiger partial charge on any atom is -0.465 e. The molecule has 1 saturated heterocycles. The van der Waals surface area contributed by atoms with E-state index in [-0.39, 0.29) is 41.2 Å². The van der Waals surface area contributed by atoms with Crippen molar-refractivity contribution >= 4 is 35.7 Å². The maximum absolute atomic E-state index is 12.2. The monoisotopic (exact) mass is 343 g/mol. The van der Waals surface area contributed by atoms with E-state index in [2.05, 4.69) is 15.4 Å². The second-order valence-electron chi connectivity index (χ2n) is 5.03. The number of piperidine rings is 1. The van der Waals surface area contributed by atoms with Gasteiger partial charge in [0.05, 0.1) is 17.6 Å². The summed E-state index contributed by atoms with van der Waals surface area (Å²) >= 11 is 0. The third kappa shape index (κ3) is 4.90. The van der Waals surface area contributed by atoms with Crippen LogP contribution in [0.1, 0.15) is 23.2 Å². The van der Waals surface area contributed by atoms with Crippen LogP contribution in [0.5, 0.6) is 0 Å². The van der Waals surface area contributed by atoms with Gasteiger partial charge in [-0.1, -0.05) is 0 Å². The number of halogens is 1. The lowest BCUT2D eigenvalue weighted by molar-refractivity contribution is -0.384. The summed E-state index contributed by atoms with van der Waals surface area (Å²) in [6.07, 6.45) is 1.43. The molecule has 1 fully saturated rings. The molecule has 1 aromatic carbocycles. The molecule has 1 aromatic rings. The number of carbonyl (C=O) groups is 2. The second kappa shape index (κ2) is 8.44. The van der Waals surface area contributed by atoms with E-state index in [0.29, 0.717) is 12.8 Å². The van der Waals surface area contributed by atoms with Crippen LogP contribution in [0.3, 0.4) is 0 Å². The van der Waals surface area contributed by atoms with Crippen LogP contribution in [-0.2, 0) is 9.53 Å². The van der Waals surface area contributed by atoms with Crippen LogP contribution in [0.4, 0.5) is 11.4 Å². The van der Waals surface area contributed by atoms with Crippen molar-refractivity contribution in [1.82, 2.24) is 5.32 Å². The lowest BCUT2D eigenvalue weighted by Crippen LogP contribution is -2.34. The summed E-state index contributed by atoms with van der Waals surface area (Å²) in [5.41, 5.74) is -0.0287. The molecular formula is C14H18ClN3O5. The summed E-state index contributed by atoms with van der Waals surface area (Å²) in [6, 6.07) is 3.72. The van der Waals surface area contributed by atoms with E-state index in [9.17, 15) is 19.7 Å². The van der Waals surface area contributed by atoms with Crippen molar-refractivity contribution in [2.24, 2.45) is 5.92 Å². The minimum absolute atomic E-state index is 0. The van der Waals surface area contributed by atoms with Gasteiger partial charge in [-0.25, -0.2) is 4.79 Å². The number of non-ortho nitro benzene ring substituents is 1. The molecule has 1 aliphatic rings. The molecule has 0 radical (unpaired) electrons. The third-order valence-electron chi connectivity index (χ3n) is 3.53. The first-order valence-corrected chi connectivity index (χ1v) is 6.90. The number of nitro groups is 1. The number of carbonyl (C=O) groups excluding carboxylic acids is 2. The predicted octanol–water partition coefficient (Wildman–Crippen LogP) is 1.74. The largest absolute Gasteiger partial charge is 0.465 e. The van der Waals surface area contributed by atoms with Gasteiger partial charge in [-0.05, 0) is 32.0 Å². The molecule has 0 unspecified atom stereocenters. The van der Waals surface area contributed by atoms with E-state index in [1.165, 1.54) is 19.2 Å². The average Bonchev–Trinajstić information content (AvgIpc) is 2.54. The SMILES string of the molecule is COC(=O)c1cc(NC(=O)C2CCNCC2)cc([N+](=O)[O-])c1.Cl. The number of methoxy groups -OCH3 is 1. The maximum atomic E-state index is 12.2. The van der Waals surface area contributed by atoms with Crippen molar-refractivity contribution in [2.45, 2.75) is 12.8 Å². The number of esters is 1. The van der Waals surface area contributed by atoms with Gasteiger partial charge in [-0.3, -0.25) is 14.9 Å². The van der Waals surface area contributed by atoms with Gasteiger partial charge in [-0.2, -0.15) is 0 Å². The van der Waals surface area contributed by atoms with Crippen LogP contribution in [0.25, 0.3) is 0 Å². The molecule has 0 aliphatic carbocycles. The zero-order chi connectivity index (χ0) is 16.1. The van der Waals surface area contributed by atoms with Gasteiger partial charge < -0.3 is 15.4 Å². The standard InChI is InChI=1S/C14H17N3O5.ClH/c1-22-14(19)10-6-11(8-12(7-10)17(20)21)16-13(18)9-2-4-15-5-3-9;/h6-9,15H,2-5H2,1H3,(H,16,18);1H. The highest BCUT2D eigenvalue weighted by Crippen LogP contribution is 2.23. The van der Waals surface area contributed by atoms with Gasteiger partial charge >= 0.3 is 5.97 Å². The Kier molecular flexibility index (Phi) is 6.92. The number of rotatable bonds is 4. The third-order valence-corrected chi connectivity index (χ3v) is 3.53. The first-order valence-electron chi connectivity index (χ1n) is 6.90. The minimum atomic E-state index is -0.693. The van der Waals surface area contributed by atoms with Crippen LogP contribution in [-0.4, -0.2) is 37.0 Å². The lowest BCUT2D eigenvalue weighted by atomic mass is 9.97. The Labute approximate surface area is 139 Å². The fourth-order valence-electron chi connectivity index (χ4n) is 2.35. The topological polar surface area (TPSA) is 111 Å². The number of nitro benzene ring substituents is 1. The molecule has 2 N–H and O–H groups in total. The number of nitrogens with one attached hydrogen (secondary N) is 2. The molecule has 8 nitrogen and oxygen atoms in total. The van der Waals surface area contributed by atoms with Crippen LogP contribution in [0.15, 0.2) is 18.2 Å². The van der Waals surface area contributed by atoms with Gasteiger partial charge in [0.25, 0.3) is 5.69 Å². The van der Waals surface area contributed by atoms with Crippen molar-refractivity contribution in [3.63, 3.8) is 0 Å². The normalized spacial score (nSPS) is 14.5. The fourth-order valence-corrected chi connectivity index (χ4v) is 2.35. The molecule has 1 amide bonds. The Morgan fingerprint density at radius 1 is 1.30 bits per heavy atom. The number of benzene rings is 1. The van der Waals surface area contributed by atoms with E-state index in [4.69, 9.17) is 0 Å². The Morgan fingerprint density at radius 3 is 2.52 bits per heavy atom. The van der Waals surface area contributed by atoms with Crippen LogP contribution in [0.2, 0.25) is 0 Å². The average molecular weight is 344 g/mol. The van der Waals surface area contributed by atoms with Crippen LogP contribution < -0.4 is 10.6 Å². The van der Waals surface area contributed by atoms with E-state index < -0.39 is 10.9 Å². The van der Waals surface area contributed by atoms with Gasteiger partial charge in [0, 0.05) is 23.7 Å². The first-order chi connectivity index (χ1) is 10.5. The van der Waals surface area contributed by atoms with Crippen LogP contribution >= 0.6 is 12.4 Å². The zero-order valence-electron chi connectivity index (χ0n) is 12.5. The molecule has 2 rings (SSSR count). The molecule has 1 aliphatic heterocycles. The molecule has 23 heavy (non-hydrogen) atoms. The number of amides is 1. The first kappa shape index (κ1) is 18.9. The summed E-state index contributed by atoms with van der Waals surface area (Å²) in [5, 5.41) is 16.7. The number of ether oxygens (including phenoxy) is 1. The summed E-state index contributed by atoms with van der Waals surface area (Å²) in [5.74, 6) is -1.03.